The van der Waals surface area contributed by atoms with Crippen LogP contribution in [-0.2, 0) is 0 Å². The van der Waals surface area contributed by atoms with Crippen LogP contribution in [0.25, 0.3) is 0 Å². The molecule has 1 atom stereocenters. The first-order chi connectivity index (χ1) is 7.14. The third-order valence-electron chi connectivity index (χ3n) is 3.09. The van der Waals surface area contributed by atoms with E-state index >= 15 is 0 Å². The molecule has 1 unspecified atom stereocenters. The highest BCUT2D eigenvalue weighted by molar-refractivity contribution is 7.99. The molecular weight excluding hydrogens is 206 g/mol. The standard InChI is InChI=1S/C12H25NOS/c1-12(2)5-4-11(10-12)13-6-9-15-8-3-7-14/h11,13-14H,3-10H2,1-2H3. The van der Waals surface area contributed by atoms with E-state index in [0.29, 0.717) is 12.0 Å². The van der Waals surface area contributed by atoms with Crippen LogP contribution in [0.2, 0.25) is 0 Å². The van der Waals surface area contributed by atoms with Gasteiger partial charge < -0.3 is 10.4 Å². The van der Waals surface area contributed by atoms with E-state index in [-0.39, 0.29) is 0 Å². The van der Waals surface area contributed by atoms with Gasteiger partial charge in [0.2, 0.25) is 0 Å². The zero-order valence-electron chi connectivity index (χ0n) is 10.1. The van der Waals surface area contributed by atoms with Crippen molar-refractivity contribution < 1.29 is 5.11 Å². The molecule has 0 aliphatic heterocycles. The predicted octanol–water partition coefficient (Wildman–Crippen LogP) is 2.27. The molecule has 0 radical (unpaired) electrons. The van der Waals surface area contributed by atoms with Crippen molar-refractivity contribution in [1.29, 1.82) is 0 Å². The predicted molar refractivity (Wildman–Crippen MR) is 68.5 cm³/mol. The number of aliphatic hydroxyl groups excluding tert-OH is 1. The van der Waals surface area contributed by atoms with Gasteiger partial charge in [-0.1, -0.05) is 13.8 Å². The summed E-state index contributed by atoms with van der Waals surface area (Å²) >= 11 is 1.94. The third-order valence-corrected chi connectivity index (χ3v) is 4.16. The molecule has 15 heavy (non-hydrogen) atoms. The largest absolute Gasteiger partial charge is 0.396 e. The molecule has 0 aromatic rings. The van der Waals surface area contributed by atoms with Gasteiger partial charge in [-0.3, -0.25) is 0 Å². The topological polar surface area (TPSA) is 32.3 Å². The van der Waals surface area contributed by atoms with E-state index < -0.39 is 0 Å². The molecule has 1 fully saturated rings. The number of aliphatic hydroxyl groups is 1. The van der Waals surface area contributed by atoms with Crippen molar-refractivity contribution in [2.75, 3.05) is 24.7 Å². The van der Waals surface area contributed by atoms with Gasteiger partial charge in [-0.25, -0.2) is 0 Å². The van der Waals surface area contributed by atoms with Gasteiger partial charge in [-0.2, -0.15) is 11.8 Å². The minimum absolute atomic E-state index is 0.331. The second kappa shape index (κ2) is 6.77. The Kier molecular flexibility index (Phi) is 6.02. The number of hydrogen-bond donors (Lipinski definition) is 2. The van der Waals surface area contributed by atoms with Gasteiger partial charge in [-0.05, 0) is 36.9 Å². The van der Waals surface area contributed by atoms with Crippen LogP contribution < -0.4 is 5.32 Å². The highest BCUT2D eigenvalue weighted by Gasteiger charge is 2.30. The summed E-state index contributed by atoms with van der Waals surface area (Å²) < 4.78 is 0. The Morgan fingerprint density at radius 2 is 2.20 bits per heavy atom. The minimum Gasteiger partial charge on any atom is -0.396 e. The summed E-state index contributed by atoms with van der Waals surface area (Å²) in [4.78, 5) is 0. The molecule has 0 aromatic carbocycles. The molecule has 90 valence electrons. The molecule has 0 bridgehead atoms. The molecule has 0 saturated heterocycles. The van der Waals surface area contributed by atoms with Crippen molar-refractivity contribution in [2.24, 2.45) is 5.41 Å². The second-order valence-corrected chi connectivity index (χ2v) is 6.47. The number of hydrogen-bond acceptors (Lipinski definition) is 3. The van der Waals surface area contributed by atoms with Crippen LogP contribution in [0.4, 0.5) is 0 Å². The van der Waals surface area contributed by atoms with Crippen LogP contribution in [0.1, 0.15) is 39.5 Å². The SMILES string of the molecule is CC1(C)CCC(NCCSCCCO)C1. The van der Waals surface area contributed by atoms with Crippen molar-refractivity contribution in [3.63, 3.8) is 0 Å². The van der Waals surface area contributed by atoms with Crippen LogP contribution in [0.5, 0.6) is 0 Å². The van der Waals surface area contributed by atoms with Crippen molar-refractivity contribution in [3.05, 3.63) is 0 Å². The Hall–Kier alpha value is 0.270. The lowest BCUT2D eigenvalue weighted by Gasteiger charge is -2.17. The maximum Gasteiger partial charge on any atom is 0.0438 e. The maximum atomic E-state index is 8.62. The number of nitrogens with one attached hydrogen (secondary N) is 1. The summed E-state index contributed by atoms with van der Waals surface area (Å²) in [5, 5.41) is 12.3. The quantitative estimate of drug-likeness (QED) is 0.659. The first kappa shape index (κ1) is 13.3. The fourth-order valence-electron chi connectivity index (χ4n) is 2.21. The van der Waals surface area contributed by atoms with Crippen molar-refractivity contribution in [2.45, 2.75) is 45.6 Å². The number of rotatable bonds is 7. The van der Waals surface area contributed by atoms with Gasteiger partial charge >= 0.3 is 0 Å². The first-order valence-electron chi connectivity index (χ1n) is 6.06. The van der Waals surface area contributed by atoms with Crippen LogP contribution >= 0.6 is 11.8 Å². The zero-order valence-corrected chi connectivity index (χ0v) is 10.9. The van der Waals surface area contributed by atoms with Crippen molar-refractivity contribution in [1.82, 2.24) is 5.32 Å². The van der Waals surface area contributed by atoms with Crippen LogP contribution in [0.3, 0.4) is 0 Å². The van der Waals surface area contributed by atoms with E-state index in [4.69, 9.17) is 5.11 Å². The smallest absolute Gasteiger partial charge is 0.0438 e. The third kappa shape index (κ3) is 5.79. The van der Waals surface area contributed by atoms with Gasteiger partial charge in [0.1, 0.15) is 0 Å². The van der Waals surface area contributed by atoms with E-state index in [1.807, 2.05) is 11.8 Å². The van der Waals surface area contributed by atoms with Crippen molar-refractivity contribution >= 4 is 11.8 Å². The Labute approximate surface area is 98.2 Å². The van der Waals surface area contributed by atoms with Gasteiger partial charge in [0.05, 0.1) is 0 Å². The highest BCUT2D eigenvalue weighted by Crippen LogP contribution is 2.36. The summed E-state index contributed by atoms with van der Waals surface area (Å²) in [6.45, 7) is 6.18. The summed E-state index contributed by atoms with van der Waals surface area (Å²) in [5.41, 5.74) is 0.557. The van der Waals surface area contributed by atoms with E-state index in [0.717, 1.165) is 24.8 Å². The monoisotopic (exact) mass is 231 g/mol. The summed E-state index contributed by atoms with van der Waals surface area (Å²) in [7, 11) is 0. The van der Waals surface area contributed by atoms with Gasteiger partial charge in [0, 0.05) is 24.9 Å². The number of thioether (sulfide) groups is 1. The van der Waals surface area contributed by atoms with E-state index in [9.17, 15) is 0 Å². The molecule has 3 heteroatoms. The molecule has 0 amide bonds. The molecule has 0 spiro atoms. The Morgan fingerprint density at radius 3 is 2.80 bits per heavy atom. The average Bonchev–Trinajstić information content (AvgIpc) is 2.52. The van der Waals surface area contributed by atoms with E-state index in [2.05, 4.69) is 19.2 Å². The van der Waals surface area contributed by atoms with Crippen LogP contribution in [0, 0.1) is 5.41 Å². The highest BCUT2D eigenvalue weighted by atomic mass is 32.2. The van der Waals surface area contributed by atoms with Crippen molar-refractivity contribution in [3.8, 4) is 0 Å². The normalized spacial score (nSPS) is 24.6. The fourth-order valence-corrected chi connectivity index (χ4v) is 3.01. The molecular formula is C12H25NOS. The lowest BCUT2D eigenvalue weighted by molar-refractivity contribution is 0.296. The second-order valence-electron chi connectivity index (χ2n) is 5.25. The lowest BCUT2D eigenvalue weighted by Crippen LogP contribution is -2.29. The average molecular weight is 231 g/mol. The Balaban J connectivity index is 1.93. The molecule has 1 saturated carbocycles. The fraction of sp³-hybridized carbons (Fsp3) is 1.00. The minimum atomic E-state index is 0.331. The molecule has 1 rings (SSSR count). The van der Waals surface area contributed by atoms with E-state index in [1.54, 1.807) is 0 Å². The molecule has 0 aromatic heterocycles. The van der Waals surface area contributed by atoms with Gasteiger partial charge in [-0.15, -0.1) is 0 Å². The zero-order chi connectivity index (χ0) is 11.1. The van der Waals surface area contributed by atoms with E-state index in [1.165, 1.54) is 25.0 Å². The van der Waals surface area contributed by atoms with Gasteiger partial charge in [0.15, 0.2) is 0 Å². The lowest BCUT2D eigenvalue weighted by atomic mass is 9.92. The summed E-state index contributed by atoms with van der Waals surface area (Å²) in [5.74, 6) is 2.27. The Morgan fingerprint density at radius 1 is 1.40 bits per heavy atom. The summed E-state index contributed by atoms with van der Waals surface area (Å²) in [6.07, 6.45) is 4.96. The maximum absolute atomic E-state index is 8.62. The van der Waals surface area contributed by atoms with Crippen LogP contribution in [-0.4, -0.2) is 35.8 Å². The van der Waals surface area contributed by atoms with Crippen LogP contribution in [0.15, 0.2) is 0 Å². The molecule has 1 aliphatic rings. The first-order valence-corrected chi connectivity index (χ1v) is 7.21. The molecule has 1 aliphatic carbocycles. The Bertz CT molecular complexity index is 173. The molecule has 2 nitrogen and oxygen atoms in total. The van der Waals surface area contributed by atoms with Gasteiger partial charge in [0.25, 0.3) is 0 Å². The summed E-state index contributed by atoms with van der Waals surface area (Å²) in [6, 6.07) is 0.749. The molecule has 0 heterocycles. The molecule has 2 N–H and O–H groups in total.